The van der Waals surface area contributed by atoms with Crippen LogP contribution in [0.25, 0.3) is 0 Å². The number of hydrogen-bond donors (Lipinski definition) is 1. The Balaban J connectivity index is 1.56. The Kier molecular flexibility index (Phi) is 3.84. The third-order valence-electron chi connectivity index (χ3n) is 2.65. The van der Waals surface area contributed by atoms with E-state index in [4.69, 9.17) is 4.74 Å². The molecule has 0 atom stereocenters. The smallest absolute Gasteiger partial charge is 0.213 e. The number of pyridine rings is 1. The van der Waals surface area contributed by atoms with E-state index in [0.29, 0.717) is 11.9 Å². The van der Waals surface area contributed by atoms with Gasteiger partial charge in [-0.15, -0.1) is 10.2 Å². The Morgan fingerprint density at radius 3 is 3.11 bits per heavy atom. The van der Waals surface area contributed by atoms with Crippen molar-refractivity contribution in [1.82, 2.24) is 15.2 Å². The Labute approximate surface area is 119 Å². The van der Waals surface area contributed by atoms with Crippen LogP contribution in [0.1, 0.15) is 18.5 Å². The summed E-state index contributed by atoms with van der Waals surface area (Å²) in [5, 5.41) is 12.6. The van der Waals surface area contributed by atoms with E-state index in [1.54, 1.807) is 30.2 Å². The molecule has 0 spiro atoms. The zero-order valence-corrected chi connectivity index (χ0v) is 12.1. The van der Waals surface area contributed by atoms with Crippen molar-refractivity contribution >= 4 is 28.2 Å². The van der Waals surface area contributed by atoms with E-state index in [0.717, 1.165) is 20.9 Å². The topological polar surface area (TPSA) is 59.9 Å². The summed E-state index contributed by atoms with van der Waals surface area (Å²) in [7, 11) is 1.62. The first-order valence-electron chi connectivity index (χ1n) is 6.06. The molecule has 0 radical (unpaired) electrons. The summed E-state index contributed by atoms with van der Waals surface area (Å²) in [6.45, 7) is 0. The molecule has 5 nitrogen and oxygen atoms in total. The van der Waals surface area contributed by atoms with Gasteiger partial charge in [-0.3, -0.25) is 0 Å². The molecule has 7 heteroatoms. The minimum atomic E-state index is 0.617. The largest absolute Gasteiger partial charge is 0.481 e. The molecule has 0 saturated heterocycles. The molecule has 2 aromatic rings. The monoisotopic (exact) mass is 294 g/mol. The first-order chi connectivity index (χ1) is 9.33. The minimum absolute atomic E-state index is 0.617. The summed E-state index contributed by atoms with van der Waals surface area (Å²) in [4.78, 5) is 4.37. The summed E-state index contributed by atoms with van der Waals surface area (Å²) >= 11 is 3.25. The molecule has 0 aromatic carbocycles. The van der Waals surface area contributed by atoms with Crippen LogP contribution in [0.2, 0.25) is 0 Å². The second-order valence-corrected chi connectivity index (χ2v) is 6.45. The van der Waals surface area contributed by atoms with E-state index in [1.165, 1.54) is 12.8 Å². The van der Waals surface area contributed by atoms with Crippen molar-refractivity contribution in [3.05, 3.63) is 23.9 Å². The molecule has 19 heavy (non-hydrogen) atoms. The van der Waals surface area contributed by atoms with Gasteiger partial charge in [0.2, 0.25) is 11.0 Å². The van der Waals surface area contributed by atoms with Crippen LogP contribution in [0.5, 0.6) is 5.88 Å². The fourth-order valence-corrected chi connectivity index (χ4v) is 3.25. The lowest BCUT2D eigenvalue weighted by Crippen LogP contribution is -1.99. The molecule has 1 N–H and O–H groups in total. The zero-order chi connectivity index (χ0) is 13.1. The highest BCUT2D eigenvalue weighted by atomic mass is 32.2. The molecule has 0 aliphatic heterocycles. The average molecular weight is 294 g/mol. The normalized spacial score (nSPS) is 14.4. The number of rotatable bonds is 6. The molecular weight excluding hydrogens is 280 g/mol. The second-order valence-electron chi connectivity index (χ2n) is 4.25. The third kappa shape index (κ3) is 3.57. The Bertz CT molecular complexity index is 556. The van der Waals surface area contributed by atoms with Gasteiger partial charge in [-0.05, 0) is 18.9 Å². The number of ether oxygens (including phenoxy) is 1. The molecular formula is C12H14N4OS2. The predicted octanol–water partition coefficient (Wildman–Crippen LogP) is 2.81. The molecule has 1 aliphatic rings. The van der Waals surface area contributed by atoms with Gasteiger partial charge in [0.05, 0.1) is 12.8 Å². The fourth-order valence-electron chi connectivity index (χ4n) is 1.52. The van der Waals surface area contributed by atoms with Crippen LogP contribution in [-0.4, -0.2) is 28.3 Å². The van der Waals surface area contributed by atoms with E-state index >= 15 is 0 Å². The highest BCUT2D eigenvalue weighted by molar-refractivity contribution is 8.00. The van der Waals surface area contributed by atoms with Crippen LogP contribution in [0.15, 0.2) is 22.5 Å². The summed E-state index contributed by atoms with van der Waals surface area (Å²) in [5.41, 5.74) is 0.983. The van der Waals surface area contributed by atoms with E-state index in [1.807, 2.05) is 18.2 Å². The number of hydrogen-bond acceptors (Lipinski definition) is 7. The van der Waals surface area contributed by atoms with Gasteiger partial charge in [0.25, 0.3) is 0 Å². The standard InChI is InChI=1S/C12H14N4OS2/c1-17-10-4-2-3-9(13-10)7-18-12-16-15-11(19-12)14-8-5-6-8/h2-4,8H,5-7H2,1H3,(H,14,15). The molecule has 1 fully saturated rings. The average Bonchev–Trinajstić information content (AvgIpc) is 3.14. The van der Waals surface area contributed by atoms with E-state index < -0.39 is 0 Å². The Hall–Kier alpha value is -1.34. The van der Waals surface area contributed by atoms with Gasteiger partial charge in [0, 0.05) is 17.9 Å². The van der Waals surface area contributed by atoms with Crippen LogP contribution in [0.3, 0.4) is 0 Å². The number of aromatic nitrogens is 3. The van der Waals surface area contributed by atoms with Crippen LogP contribution >= 0.6 is 23.1 Å². The van der Waals surface area contributed by atoms with Gasteiger partial charge < -0.3 is 10.1 Å². The van der Waals surface area contributed by atoms with Crippen molar-refractivity contribution in [3.63, 3.8) is 0 Å². The van der Waals surface area contributed by atoms with Crippen molar-refractivity contribution < 1.29 is 4.74 Å². The van der Waals surface area contributed by atoms with Gasteiger partial charge in [-0.1, -0.05) is 29.2 Å². The molecule has 2 aromatic heterocycles. The summed E-state index contributed by atoms with van der Waals surface area (Å²) < 4.78 is 6.07. The van der Waals surface area contributed by atoms with Gasteiger partial charge >= 0.3 is 0 Å². The molecule has 0 bridgehead atoms. The van der Waals surface area contributed by atoms with Gasteiger partial charge in [0.15, 0.2) is 4.34 Å². The Morgan fingerprint density at radius 2 is 2.32 bits per heavy atom. The molecule has 1 aliphatic carbocycles. The number of methoxy groups -OCH3 is 1. The third-order valence-corrected chi connectivity index (χ3v) is 4.67. The molecule has 2 heterocycles. The molecule has 0 amide bonds. The van der Waals surface area contributed by atoms with E-state index in [2.05, 4.69) is 20.5 Å². The van der Waals surface area contributed by atoms with Crippen molar-refractivity contribution in [2.75, 3.05) is 12.4 Å². The maximum absolute atomic E-state index is 5.11. The zero-order valence-electron chi connectivity index (χ0n) is 10.5. The molecule has 1 saturated carbocycles. The van der Waals surface area contributed by atoms with Crippen LogP contribution in [-0.2, 0) is 5.75 Å². The summed E-state index contributed by atoms with van der Waals surface area (Å²) in [6.07, 6.45) is 2.49. The van der Waals surface area contributed by atoms with E-state index in [9.17, 15) is 0 Å². The van der Waals surface area contributed by atoms with Crippen molar-refractivity contribution in [2.24, 2.45) is 0 Å². The maximum atomic E-state index is 5.11. The Morgan fingerprint density at radius 1 is 1.42 bits per heavy atom. The van der Waals surface area contributed by atoms with Gasteiger partial charge in [0.1, 0.15) is 0 Å². The highest BCUT2D eigenvalue weighted by Gasteiger charge is 2.22. The van der Waals surface area contributed by atoms with Gasteiger partial charge in [-0.2, -0.15) is 0 Å². The van der Waals surface area contributed by atoms with Crippen molar-refractivity contribution in [3.8, 4) is 5.88 Å². The molecule has 100 valence electrons. The SMILES string of the molecule is COc1cccc(CSc2nnc(NC3CC3)s2)n1. The lowest BCUT2D eigenvalue weighted by atomic mass is 10.4. The van der Waals surface area contributed by atoms with E-state index in [-0.39, 0.29) is 0 Å². The first-order valence-corrected chi connectivity index (χ1v) is 7.86. The molecule has 0 unspecified atom stereocenters. The lowest BCUT2D eigenvalue weighted by molar-refractivity contribution is 0.397. The number of nitrogens with zero attached hydrogens (tertiary/aromatic N) is 3. The fraction of sp³-hybridized carbons (Fsp3) is 0.417. The number of anilines is 1. The number of nitrogens with one attached hydrogen (secondary N) is 1. The van der Waals surface area contributed by atoms with Crippen molar-refractivity contribution in [1.29, 1.82) is 0 Å². The highest BCUT2D eigenvalue weighted by Crippen LogP contribution is 2.31. The first kappa shape index (κ1) is 12.7. The van der Waals surface area contributed by atoms with Crippen LogP contribution in [0, 0.1) is 0 Å². The second kappa shape index (κ2) is 5.75. The van der Waals surface area contributed by atoms with Crippen LogP contribution < -0.4 is 10.1 Å². The lowest BCUT2D eigenvalue weighted by Gasteiger charge is -2.01. The summed E-state index contributed by atoms with van der Waals surface area (Å²) in [5.74, 6) is 1.42. The van der Waals surface area contributed by atoms with Gasteiger partial charge in [-0.25, -0.2) is 4.98 Å². The predicted molar refractivity (Wildman–Crippen MR) is 76.9 cm³/mol. The molecule has 3 rings (SSSR count). The quantitative estimate of drug-likeness (QED) is 0.827. The minimum Gasteiger partial charge on any atom is -0.481 e. The van der Waals surface area contributed by atoms with Crippen molar-refractivity contribution in [2.45, 2.75) is 29.0 Å². The number of thioether (sulfide) groups is 1. The maximum Gasteiger partial charge on any atom is 0.213 e. The summed E-state index contributed by atoms with van der Waals surface area (Å²) in [6, 6.07) is 6.39. The van der Waals surface area contributed by atoms with Crippen LogP contribution in [0.4, 0.5) is 5.13 Å².